The fourth-order valence-corrected chi connectivity index (χ4v) is 4.36. The molecule has 0 aliphatic heterocycles. The number of anilines is 1. The number of urea groups is 1. The summed E-state index contributed by atoms with van der Waals surface area (Å²) in [5.74, 6) is 0. The predicted octanol–water partition coefficient (Wildman–Crippen LogP) is 4.04. The van der Waals surface area contributed by atoms with E-state index in [1.807, 2.05) is 54.6 Å². The topological polar surface area (TPSA) is 96.3 Å². The van der Waals surface area contributed by atoms with Gasteiger partial charge in [0, 0.05) is 24.1 Å². The highest BCUT2D eigenvalue weighted by molar-refractivity contribution is 7.89. The van der Waals surface area contributed by atoms with Crippen LogP contribution in [0.4, 0.5) is 10.5 Å². The summed E-state index contributed by atoms with van der Waals surface area (Å²) in [7, 11) is -2.32. The van der Waals surface area contributed by atoms with Gasteiger partial charge in [-0.2, -0.15) is 5.10 Å². The highest BCUT2D eigenvalue weighted by Crippen LogP contribution is 2.22. The van der Waals surface area contributed by atoms with Crippen LogP contribution in [-0.4, -0.2) is 35.6 Å². The van der Waals surface area contributed by atoms with Crippen LogP contribution in [0.5, 0.6) is 0 Å². The Balaban J connectivity index is 1.43. The first-order valence-electron chi connectivity index (χ1n) is 10.2. The van der Waals surface area contributed by atoms with E-state index in [-0.39, 0.29) is 10.9 Å². The fraction of sp³-hybridized carbons (Fsp3) is 0.0833. The van der Waals surface area contributed by atoms with Crippen molar-refractivity contribution in [3.05, 3.63) is 109 Å². The van der Waals surface area contributed by atoms with E-state index in [9.17, 15) is 13.2 Å². The number of carbonyl (C=O) groups is 1. The van der Waals surface area contributed by atoms with Crippen molar-refractivity contribution in [1.82, 2.24) is 19.4 Å². The number of amides is 2. The molecule has 0 unspecified atom stereocenters. The Bertz CT molecular complexity index is 1330. The van der Waals surface area contributed by atoms with Crippen molar-refractivity contribution in [2.75, 3.05) is 12.4 Å². The first-order chi connectivity index (χ1) is 15.9. The average Bonchev–Trinajstić information content (AvgIpc) is 3.22. The van der Waals surface area contributed by atoms with E-state index < -0.39 is 10.0 Å². The van der Waals surface area contributed by atoms with Crippen LogP contribution in [0.1, 0.15) is 6.42 Å². The molecular weight excluding hydrogens is 438 g/mol. The van der Waals surface area contributed by atoms with Gasteiger partial charge in [0.15, 0.2) is 0 Å². The molecule has 0 fully saturated rings. The summed E-state index contributed by atoms with van der Waals surface area (Å²) >= 11 is 0. The molecule has 2 N–H and O–H groups in total. The summed E-state index contributed by atoms with van der Waals surface area (Å²) in [6.45, 7) is 0. The standard InChI is InChI=1S/C24H23N5O3S/c1-28(33(31,32)23-17-25-29(18-23)22-12-6-3-7-13-22)21-14-8-11-20(15-16-21)27-24(30)26-19-9-4-2-5-10-19/h2-7,9-18H,8H2,1H3,(H2,26,27,30). The third-order valence-electron chi connectivity index (χ3n) is 4.99. The molecular formula is C24H23N5O3S. The Labute approximate surface area is 192 Å². The molecule has 2 amide bonds. The lowest BCUT2D eigenvalue weighted by atomic mass is 10.3. The third kappa shape index (κ3) is 5.21. The van der Waals surface area contributed by atoms with Crippen LogP contribution >= 0.6 is 0 Å². The zero-order chi connectivity index (χ0) is 23.3. The summed E-state index contributed by atoms with van der Waals surface area (Å²) in [6, 6.07) is 18.0. The van der Waals surface area contributed by atoms with Gasteiger partial charge in [-0.15, -0.1) is 0 Å². The molecule has 1 aliphatic rings. The van der Waals surface area contributed by atoms with Crippen LogP contribution in [0.2, 0.25) is 0 Å². The lowest BCUT2D eigenvalue weighted by molar-refractivity contribution is 0.254. The number of aromatic nitrogens is 2. The minimum atomic E-state index is -3.82. The first-order valence-corrected chi connectivity index (χ1v) is 11.7. The number of nitrogens with one attached hydrogen (secondary N) is 2. The zero-order valence-electron chi connectivity index (χ0n) is 17.9. The van der Waals surface area contributed by atoms with E-state index in [0.29, 0.717) is 23.5 Å². The van der Waals surface area contributed by atoms with E-state index in [2.05, 4.69) is 15.7 Å². The van der Waals surface area contributed by atoms with Gasteiger partial charge in [0.2, 0.25) is 0 Å². The second-order valence-electron chi connectivity index (χ2n) is 7.23. The van der Waals surface area contributed by atoms with Crippen molar-refractivity contribution < 1.29 is 13.2 Å². The molecule has 3 aromatic rings. The van der Waals surface area contributed by atoms with Crippen LogP contribution in [0.3, 0.4) is 0 Å². The molecule has 0 bridgehead atoms. The molecule has 0 radical (unpaired) electrons. The van der Waals surface area contributed by atoms with Gasteiger partial charge in [0.25, 0.3) is 10.0 Å². The summed E-state index contributed by atoms with van der Waals surface area (Å²) in [5.41, 5.74) is 2.49. The minimum absolute atomic E-state index is 0.0842. The Morgan fingerprint density at radius 2 is 1.67 bits per heavy atom. The quantitative estimate of drug-likeness (QED) is 0.579. The van der Waals surface area contributed by atoms with Crippen molar-refractivity contribution in [2.45, 2.75) is 11.3 Å². The van der Waals surface area contributed by atoms with Gasteiger partial charge in [-0.1, -0.05) is 48.6 Å². The molecule has 33 heavy (non-hydrogen) atoms. The normalized spacial score (nSPS) is 13.5. The highest BCUT2D eigenvalue weighted by Gasteiger charge is 2.24. The van der Waals surface area contributed by atoms with E-state index in [0.717, 1.165) is 5.69 Å². The van der Waals surface area contributed by atoms with Crippen LogP contribution in [0.25, 0.3) is 5.69 Å². The van der Waals surface area contributed by atoms with Gasteiger partial charge in [-0.3, -0.25) is 4.31 Å². The Hall–Kier alpha value is -4.11. The van der Waals surface area contributed by atoms with Crippen LogP contribution in [-0.2, 0) is 10.0 Å². The molecule has 9 heteroatoms. The molecule has 0 spiro atoms. The van der Waals surface area contributed by atoms with Gasteiger partial charge < -0.3 is 10.6 Å². The molecule has 1 heterocycles. The summed E-state index contributed by atoms with van der Waals surface area (Å²) < 4.78 is 29.0. The fourth-order valence-electron chi connectivity index (χ4n) is 3.22. The summed E-state index contributed by atoms with van der Waals surface area (Å²) in [4.78, 5) is 12.3. The molecule has 0 saturated carbocycles. The van der Waals surface area contributed by atoms with Gasteiger partial charge in [-0.05, 0) is 42.8 Å². The number of nitrogens with zero attached hydrogens (tertiary/aromatic N) is 3. The number of sulfonamides is 1. The van der Waals surface area contributed by atoms with E-state index in [1.54, 1.807) is 30.4 Å². The number of hydrogen-bond acceptors (Lipinski definition) is 4. The van der Waals surface area contributed by atoms with E-state index in [1.165, 1.54) is 28.4 Å². The van der Waals surface area contributed by atoms with Gasteiger partial charge in [-0.25, -0.2) is 17.9 Å². The molecule has 4 rings (SSSR count). The number of hydrogen-bond donors (Lipinski definition) is 2. The Kier molecular flexibility index (Phi) is 6.41. The zero-order valence-corrected chi connectivity index (χ0v) is 18.7. The maximum absolute atomic E-state index is 13.2. The SMILES string of the molecule is CN(C1=CCC=C(NC(=O)Nc2ccccc2)C=C1)S(=O)(=O)c1cnn(-c2ccccc2)c1. The number of carbonyl (C=O) groups excluding carboxylic acids is 1. The lowest BCUT2D eigenvalue weighted by Gasteiger charge is -2.19. The number of para-hydroxylation sites is 2. The molecule has 168 valence electrons. The monoisotopic (exact) mass is 461 g/mol. The van der Waals surface area contributed by atoms with Crippen molar-refractivity contribution in [1.29, 1.82) is 0 Å². The molecule has 0 saturated heterocycles. The number of rotatable bonds is 6. The van der Waals surface area contributed by atoms with E-state index in [4.69, 9.17) is 0 Å². The van der Waals surface area contributed by atoms with Crippen molar-refractivity contribution in [2.24, 2.45) is 0 Å². The predicted molar refractivity (Wildman–Crippen MR) is 127 cm³/mol. The van der Waals surface area contributed by atoms with Crippen LogP contribution < -0.4 is 10.6 Å². The molecule has 8 nitrogen and oxygen atoms in total. The van der Waals surface area contributed by atoms with Crippen molar-refractivity contribution >= 4 is 21.7 Å². The minimum Gasteiger partial charge on any atom is -0.308 e. The van der Waals surface area contributed by atoms with Crippen molar-refractivity contribution in [3.63, 3.8) is 0 Å². The largest absolute Gasteiger partial charge is 0.323 e. The van der Waals surface area contributed by atoms with Crippen molar-refractivity contribution in [3.8, 4) is 5.69 Å². The Morgan fingerprint density at radius 1 is 0.970 bits per heavy atom. The number of allylic oxidation sites excluding steroid dienone is 4. The second kappa shape index (κ2) is 9.58. The van der Waals surface area contributed by atoms with Gasteiger partial charge in [0.1, 0.15) is 4.90 Å². The molecule has 2 aromatic carbocycles. The molecule has 1 aliphatic carbocycles. The van der Waals surface area contributed by atoms with E-state index >= 15 is 0 Å². The van der Waals surface area contributed by atoms with Gasteiger partial charge in [0.05, 0.1) is 18.1 Å². The highest BCUT2D eigenvalue weighted by atomic mass is 32.2. The maximum atomic E-state index is 13.2. The molecule has 1 aromatic heterocycles. The summed E-state index contributed by atoms with van der Waals surface area (Å²) in [5, 5.41) is 9.70. The summed E-state index contributed by atoms with van der Waals surface area (Å²) in [6.07, 6.45) is 10.2. The third-order valence-corrected chi connectivity index (χ3v) is 6.73. The first kappa shape index (κ1) is 22.1. The van der Waals surface area contributed by atoms with Crippen LogP contribution in [0, 0.1) is 0 Å². The average molecular weight is 462 g/mol. The van der Waals surface area contributed by atoms with Crippen LogP contribution in [0.15, 0.2) is 114 Å². The smallest absolute Gasteiger partial charge is 0.308 e. The Morgan fingerprint density at radius 3 is 2.39 bits per heavy atom. The number of likely N-dealkylation sites (N-methyl/N-ethyl adjacent to an activating group) is 1. The lowest BCUT2D eigenvalue weighted by Crippen LogP contribution is -2.27. The maximum Gasteiger partial charge on any atom is 0.323 e. The second-order valence-corrected chi connectivity index (χ2v) is 9.20. The van der Waals surface area contributed by atoms with Gasteiger partial charge >= 0.3 is 6.03 Å². The number of benzene rings is 2. The molecule has 0 atom stereocenters.